The number of rotatable bonds is 4. The smallest absolute Gasteiger partial charge is 0.226 e. The molecule has 0 aliphatic heterocycles. The van der Waals surface area contributed by atoms with E-state index in [0.717, 1.165) is 12.8 Å². The molecule has 1 amide bonds. The van der Waals surface area contributed by atoms with Gasteiger partial charge in [-0.2, -0.15) is 0 Å². The minimum atomic E-state index is 0.115. The van der Waals surface area contributed by atoms with Crippen LogP contribution in [0.4, 0.5) is 0 Å². The fourth-order valence-electron chi connectivity index (χ4n) is 4.35. The summed E-state index contributed by atoms with van der Waals surface area (Å²) >= 11 is 0. The molecule has 3 heteroatoms. The van der Waals surface area contributed by atoms with Gasteiger partial charge in [-0.25, -0.2) is 0 Å². The van der Waals surface area contributed by atoms with Crippen LogP contribution in [0.25, 0.3) is 0 Å². The number of carbonyl (C=O) groups is 1. The minimum Gasteiger partial charge on any atom is -0.395 e. The first-order chi connectivity index (χ1) is 8.83. The summed E-state index contributed by atoms with van der Waals surface area (Å²) in [4.78, 5) is 14.7. The predicted molar refractivity (Wildman–Crippen MR) is 70.0 cm³/mol. The first-order valence-corrected chi connectivity index (χ1v) is 7.74. The monoisotopic (exact) mass is 251 g/mol. The Labute approximate surface area is 110 Å². The van der Waals surface area contributed by atoms with E-state index >= 15 is 0 Å². The Bertz CT molecular complexity index is 302. The molecule has 0 aromatic rings. The van der Waals surface area contributed by atoms with Gasteiger partial charge in [0.1, 0.15) is 0 Å². The summed E-state index contributed by atoms with van der Waals surface area (Å²) in [5, 5.41) is 9.23. The lowest BCUT2D eigenvalue weighted by Gasteiger charge is -2.34. The van der Waals surface area contributed by atoms with Gasteiger partial charge in [0.15, 0.2) is 0 Å². The third kappa shape index (κ3) is 2.18. The summed E-state index contributed by atoms with van der Waals surface area (Å²) in [6.45, 7) is 0.670. The number of carbonyl (C=O) groups excluding carboxylic acids is 1. The maximum atomic E-state index is 12.6. The standard InChI is InChI=1S/C15H25NO2/c17-10-9-16(11-5-2-1-3-6-11)15(18)14-12-7-4-8-13(12)14/h11-14,17H,1-10H2. The van der Waals surface area contributed by atoms with Crippen LogP contribution in [-0.2, 0) is 4.79 Å². The molecule has 2 unspecified atom stereocenters. The molecular weight excluding hydrogens is 226 g/mol. The Balaban J connectivity index is 1.63. The molecule has 3 aliphatic rings. The maximum absolute atomic E-state index is 12.6. The minimum absolute atomic E-state index is 0.115. The highest BCUT2D eigenvalue weighted by Gasteiger charge is 2.57. The second kappa shape index (κ2) is 5.20. The summed E-state index contributed by atoms with van der Waals surface area (Å²) in [5.74, 6) is 2.09. The Hall–Kier alpha value is -0.570. The molecule has 3 aliphatic carbocycles. The summed E-state index contributed by atoms with van der Waals surface area (Å²) in [6, 6.07) is 0.416. The van der Waals surface area contributed by atoms with E-state index in [-0.39, 0.29) is 6.61 Å². The van der Waals surface area contributed by atoms with Crippen LogP contribution in [0.3, 0.4) is 0 Å². The Morgan fingerprint density at radius 1 is 1.00 bits per heavy atom. The fraction of sp³-hybridized carbons (Fsp3) is 0.933. The number of hydrogen-bond donors (Lipinski definition) is 1. The van der Waals surface area contributed by atoms with Crippen molar-refractivity contribution < 1.29 is 9.90 Å². The average Bonchev–Trinajstić information content (AvgIpc) is 2.89. The van der Waals surface area contributed by atoms with Crippen LogP contribution in [0.5, 0.6) is 0 Å². The lowest BCUT2D eigenvalue weighted by molar-refractivity contribution is -0.137. The molecule has 3 fully saturated rings. The normalized spacial score (nSPS) is 35.3. The highest BCUT2D eigenvalue weighted by Crippen LogP contribution is 2.58. The van der Waals surface area contributed by atoms with Crippen LogP contribution in [0, 0.1) is 17.8 Å². The highest BCUT2D eigenvalue weighted by molar-refractivity contribution is 5.83. The molecule has 0 saturated heterocycles. The molecule has 0 heterocycles. The molecule has 0 aromatic heterocycles. The predicted octanol–water partition coefficient (Wildman–Crippen LogP) is 2.19. The van der Waals surface area contributed by atoms with E-state index in [9.17, 15) is 9.90 Å². The number of fused-ring (bicyclic) bond motifs is 1. The zero-order valence-electron chi connectivity index (χ0n) is 11.2. The quantitative estimate of drug-likeness (QED) is 0.832. The van der Waals surface area contributed by atoms with E-state index in [1.807, 2.05) is 4.90 Å². The van der Waals surface area contributed by atoms with Crippen molar-refractivity contribution in [3.8, 4) is 0 Å². The van der Waals surface area contributed by atoms with Crippen molar-refractivity contribution in [1.29, 1.82) is 0 Å². The average molecular weight is 251 g/mol. The van der Waals surface area contributed by atoms with Gasteiger partial charge in [0.2, 0.25) is 5.91 Å². The molecule has 102 valence electrons. The van der Waals surface area contributed by atoms with E-state index in [4.69, 9.17) is 0 Å². The lowest BCUT2D eigenvalue weighted by atomic mass is 9.93. The van der Waals surface area contributed by atoms with Crippen LogP contribution in [0.1, 0.15) is 51.4 Å². The zero-order valence-corrected chi connectivity index (χ0v) is 11.2. The van der Waals surface area contributed by atoms with Crippen molar-refractivity contribution >= 4 is 5.91 Å². The molecule has 0 radical (unpaired) electrons. The van der Waals surface area contributed by atoms with E-state index in [2.05, 4.69) is 0 Å². The van der Waals surface area contributed by atoms with Crippen molar-refractivity contribution in [2.45, 2.75) is 57.4 Å². The molecule has 3 nitrogen and oxygen atoms in total. The van der Waals surface area contributed by atoms with Crippen LogP contribution < -0.4 is 0 Å². The first-order valence-electron chi connectivity index (χ1n) is 7.74. The molecule has 3 saturated carbocycles. The van der Waals surface area contributed by atoms with Gasteiger partial charge in [0.05, 0.1) is 6.61 Å². The molecule has 0 spiro atoms. The topological polar surface area (TPSA) is 40.5 Å². The van der Waals surface area contributed by atoms with Crippen molar-refractivity contribution in [2.75, 3.05) is 13.2 Å². The molecule has 0 bridgehead atoms. The van der Waals surface area contributed by atoms with Crippen molar-refractivity contribution in [2.24, 2.45) is 17.8 Å². The van der Waals surface area contributed by atoms with Gasteiger partial charge in [-0.05, 0) is 37.5 Å². The third-order valence-corrected chi connectivity index (χ3v) is 5.33. The second-order valence-corrected chi connectivity index (χ2v) is 6.33. The van der Waals surface area contributed by atoms with Crippen molar-refractivity contribution in [1.82, 2.24) is 4.90 Å². The van der Waals surface area contributed by atoms with E-state index in [0.29, 0.717) is 36.2 Å². The molecule has 3 rings (SSSR count). The fourth-order valence-corrected chi connectivity index (χ4v) is 4.35. The van der Waals surface area contributed by atoms with Crippen LogP contribution >= 0.6 is 0 Å². The Kier molecular flexibility index (Phi) is 3.60. The molecule has 18 heavy (non-hydrogen) atoms. The summed E-state index contributed by atoms with van der Waals surface area (Å²) in [7, 11) is 0. The Morgan fingerprint density at radius 2 is 1.67 bits per heavy atom. The van der Waals surface area contributed by atoms with Gasteiger partial charge in [0, 0.05) is 18.5 Å². The van der Waals surface area contributed by atoms with Crippen LogP contribution in [-0.4, -0.2) is 35.1 Å². The Morgan fingerprint density at radius 3 is 2.28 bits per heavy atom. The van der Waals surface area contributed by atoms with Gasteiger partial charge in [-0.3, -0.25) is 4.79 Å². The van der Waals surface area contributed by atoms with E-state index in [1.54, 1.807) is 0 Å². The van der Waals surface area contributed by atoms with Crippen LogP contribution in [0.2, 0.25) is 0 Å². The first kappa shape index (κ1) is 12.5. The summed E-state index contributed by atoms with van der Waals surface area (Å²) < 4.78 is 0. The number of aliphatic hydroxyl groups excluding tert-OH is 1. The molecule has 0 aromatic carbocycles. The van der Waals surface area contributed by atoms with Gasteiger partial charge < -0.3 is 10.0 Å². The number of nitrogens with zero attached hydrogens (tertiary/aromatic N) is 1. The third-order valence-electron chi connectivity index (χ3n) is 5.33. The number of aliphatic hydroxyl groups is 1. The number of hydrogen-bond acceptors (Lipinski definition) is 2. The van der Waals surface area contributed by atoms with E-state index in [1.165, 1.54) is 38.5 Å². The van der Waals surface area contributed by atoms with Crippen molar-refractivity contribution in [3.63, 3.8) is 0 Å². The largest absolute Gasteiger partial charge is 0.395 e. The van der Waals surface area contributed by atoms with E-state index < -0.39 is 0 Å². The molecule has 2 atom stereocenters. The van der Waals surface area contributed by atoms with Crippen LogP contribution in [0.15, 0.2) is 0 Å². The van der Waals surface area contributed by atoms with Gasteiger partial charge in [-0.1, -0.05) is 25.7 Å². The zero-order chi connectivity index (χ0) is 12.5. The SMILES string of the molecule is O=C(C1C2CCCC21)N(CCO)C1CCCCC1. The molecule has 1 N–H and O–H groups in total. The van der Waals surface area contributed by atoms with Gasteiger partial charge in [0.25, 0.3) is 0 Å². The second-order valence-electron chi connectivity index (χ2n) is 6.33. The lowest BCUT2D eigenvalue weighted by Crippen LogP contribution is -2.44. The number of amides is 1. The highest BCUT2D eigenvalue weighted by atomic mass is 16.3. The van der Waals surface area contributed by atoms with Crippen molar-refractivity contribution in [3.05, 3.63) is 0 Å². The molecular formula is C15H25NO2. The van der Waals surface area contributed by atoms with Gasteiger partial charge in [-0.15, -0.1) is 0 Å². The maximum Gasteiger partial charge on any atom is 0.226 e. The summed E-state index contributed by atoms with van der Waals surface area (Å²) in [6.07, 6.45) is 9.95. The van der Waals surface area contributed by atoms with Gasteiger partial charge >= 0.3 is 0 Å². The summed E-state index contributed by atoms with van der Waals surface area (Å²) in [5.41, 5.74) is 0.